The third kappa shape index (κ3) is 1.91. The number of carbonyl (C=O) groups excluding carboxylic acids is 1. The van der Waals surface area contributed by atoms with Crippen LogP contribution >= 0.6 is 0 Å². The summed E-state index contributed by atoms with van der Waals surface area (Å²) in [5.41, 5.74) is 1.85. The average Bonchev–Trinajstić information content (AvgIpc) is 2.60. The maximum atomic E-state index is 11.7. The second kappa shape index (κ2) is 3.96. The number of carboxylic acid groups (broad SMARTS) is 1. The fourth-order valence-corrected chi connectivity index (χ4v) is 1.92. The average molecular weight is 219 g/mol. The largest absolute Gasteiger partial charge is 0.481 e. The Morgan fingerprint density at radius 3 is 2.81 bits per heavy atom. The number of aryl methyl sites for hydroxylation is 1. The van der Waals surface area contributed by atoms with E-state index in [1.54, 1.807) is 4.90 Å². The van der Waals surface area contributed by atoms with Crippen molar-refractivity contribution in [2.24, 2.45) is 5.92 Å². The Morgan fingerprint density at radius 1 is 1.50 bits per heavy atom. The molecule has 1 amide bonds. The molecular formula is C12H13NO3. The van der Waals surface area contributed by atoms with Gasteiger partial charge in [-0.2, -0.15) is 0 Å². The molecular weight excluding hydrogens is 206 g/mol. The number of carbonyl (C=O) groups is 2. The highest BCUT2D eigenvalue weighted by Gasteiger charge is 2.34. The van der Waals surface area contributed by atoms with E-state index in [4.69, 9.17) is 5.11 Å². The summed E-state index contributed by atoms with van der Waals surface area (Å²) in [4.78, 5) is 24.0. The predicted molar refractivity (Wildman–Crippen MR) is 59.3 cm³/mol. The van der Waals surface area contributed by atoms with Crippen molar-refractivity contribution in [3.63, 3.8) is 0 Å². The van der Waals surface area contributed by atoms with E-state index in [1.165, 1.54) is 0 Å². The minimum Gasteiger partial charge on any atom is -0.481 e. The van der Waals surface area contributed by atoms with Crippen LogP contribution in [0.2, 0.25) is 0 Å². The van der Waals surface area contributed by atoms with Gasteiger partial charge in [-0.3, -0.25) is 9.59 Å². The van der Waals surface area contributed by atoms with Crippen LogP contribution in [0.15, 0.2) is 24.3 Å². The Bertz CT molecular complexity index is 442. The molecule has 0 aromatic heterocycles. The van der Waals surface area contributed by atoms with E-state index in [2.05, 4.69) is 0 Å². The first kappa shape index (κ1) is 10.7. The summed E-state index contributed by atoms with van der Waals surface area (Å²) < 4.78 is 0. The van der Waals surface area contributed by atoms with E-state index in [0.717, 1.165) is 11.3 Å². The molecule has 2 rings (SSSR count). The monoisotopic (exact) mass is 219 g/mol. The minimum atomic E-state index is -0.900. The van der Waals surface area contributed by atoms with E-state index >= 15 is 0 Å². The molecule has 1 aliphatic rings. The molecule has 0 radical (unpaired) electrons. The first-order valence-electron chi connectivity index (χ1n) is 5.18. The van der Waals surface area contributed by atoms with E-state index < -0.39 is 11.9 Å². The Labute approximate surface area is 93.5 Å². The lowest BCUT2D eigenvalue weighted by Gasteiger charge is -2.16. The zero-order chi connectivity index (χ0) is 11.7. The van der Waals surface area contributed by atoms with Crippen LogP contribution in [0, 0.1) is 12.8 Å². The molecule has 1 heterocycles. The topological polar surface area (TPSA) is 57.6 Å². The zero-order valence-electron chi connectivity index (χ0n) is 9.01. The number of benzene rings is 1. The molecule has 0 bridgehead atoms. The molecule has 1 N–H and O–H groups in total. The van der Waals surface area contributed by atoms with E-state index in [1.807, 2.05) is 31.2 Å². The van der Waals surface area contributed by atoms with Gasteiger partial charge in [-0.1, -0.05) is 12.1 Å². The Balaban J connectivity index is 2.23. The molecule has 4 heteroatoms. The van der Waals surface area contributed by atoms with Crippen molar-refractivity contribution in [1.29, 1.82) is 0 Å². The predicted octanol–water partition coefficient (Wildman–Crippen LogP) is 1.43. The van der Waals surface area contributed by atoms with Crippen LogP contribution in [-0.2, 0) is 9.59 Å². The first-order chi connectivity index (χ1) is 7.58. The van der Waals surface area contributed by atoms with Gasteiger partial charge in [0.25, 0.3) is 0 Å². The summed E-state index contributed by atoms with van der Waals surface area (Å²) in [5.74, 6) is -1.59. The van der Waals surface area contributed by atoms with Crippen LogP contribution in [0.3, 0.4) is 0 Å². The van der Waals surface area contributed by atoms with Crippen molar-refractivity contribution in [2.45, 2.75) is 13.3 Å². The highest BCUT2D eigenvalue weighted by atomic mass is 16.4. The summed E-state index contributed by atoms with van der Waals surface area (Å²) >= 11 is 0. The Hall–Kier alpha value is -1.84. The van der Waals surface area contributed by atoms with Gasteiger partial charge < -0.3 is 10.0 Å². The second-order valence-electron chi connectivity index (χ2n) is 4.08. The summed E-state index contributed by atoms with van der Waals surface area (Å²) in [6.45, 7) is 2.22. The number of aliphatic carboxylic acids is 1. The molecule has 0 saturated carbocycles. The third-order valence-electron chi connectivity index (χ3n) is 2.79. The van der Waals surface area contributed by atoms with Crippen LogP contribution < -0.4 is 4.90 Å². The number of hydrogen-bond donors (Lipinski definition) is 1. The molecule has 1 aromatic rings. The number of amides is 1. The number of hydrogen-bond acceptors (Lipinski definition) is 2. The number of carboxylic acids is 1. The SMILES string of the molecule is Cc1cccc(N2C[C@H](C(=O)O)CC2=O)c1. The maximum absolute atomic E-state index is 11.7. The van der Waals surface area contributed by atoms with Gasteiger partial charge >= 0.3 is 5.97 Å². The van der Waals surface area contributed by atoms with E-state index in [0.29, 0.717) is 0 Å². The molecule has 16 heavy (non-hydrogen) atoms. The van der Waals surface area contributed by atoms with Gasteiger partial charge in [-0.15, -0.1) is 0 Å². The third-order valence-corrected chi connectivity index (χ3v) is 2.79. The Morgan fingerprint density at radius 2 is 2.25 bits per heavy atom. The lowest BCUT2D eigenvalue weighted by atomic mass is 10.1. The number of anilines is 1. The summed E-state index contributed by atoms with van der Waals surface area (Å²) in [6, 6.07) is 7.53. The van der Waals surface area contributed by atoms with Crippen LogP contribution in [0.5, 0.6) is 0 Å². The summed E-state index contributed by atoms with van der Waals surface area (Å²) in [7, 11) is 0. The van der Waals surface area contributed by atoms with Crippen molar-refractivity contribution in [3.05, 3.63) is 29.8 Å². The molecule has 4 nitrogen and oxygen atoms in total. The van der Waals surface area contributed by atoms with Gasteiger partial charge in [0, 0.05) is 18.7 Å². The van der Waals surface area contributed by atoms with Crippen molar-refractivity contribution in [2.75, 3.05) is 11.4 Å². The van der Waals surface area contributed by atoms with Gasteiger partial charge in [0.05, 0.1) is 5.92 Å². The normalized spacial score (nSPS) is 20.2. The Kier molecular flexibility index (Phi) is 2.64. The van der Waals surface area contributed by atoms with Gasteiger partial charge in [-0.05, 0) is 24.6 Å². The summed E-state index contributed by atoms with van der Waals surface area (Å²) in [6.07, 6.45) is 0.100. The molecule has 0 unspecified atom stereocenters. The van der Waals surface area contributed by atoms with E-state index in [-0.39, 0.29) is 18.9 Å². The van der Waals surface area contributed by atoms with Gasteiger partial charge in [-0.25, -0.2) is 0 Å². The van der Waals surface area contributed by atoms with Crippen LogP contribution in [0.1, 0.15) is 12.0 Å². The fraction of sp³-hybridized carbons (Fsp3) is 0.333. The molecule has 1 saturated heterocycles. The van der Waals surface area contributed by atoms with Crippen molar-refractivity contribution in [3.8, 4) is 0 Å². The number of rotatable bonds is 2. The molecule has 0 spiro atoms. The molecule has 1 fully saturated rings. The van der Waals surface area contributed by atoms with Crippen LogP contribution in [-0.4, -0.2) is 23.5 Å². The number of nitrogens with zero attached hydrogens (tertiary/aromatic N) is 1. The van der Waals surface area contributed by atoms with Gasteiger partial charge in [0.15, 0.2) is 0 Å². The summed E-state index contributed by atoms with van der Waals surface area (Å²) in [5, 5.41) is 8.87. The van der Waals surface area contributed by atoms with Gasteiger partial charge in [0.1, 0.15) is 0 Å². The van der Waals surface area contributed by atoms with Gasteiger partial charge in [0.2, 0.25) is 5.91 Å². The molecule has 1 aromatic carbocycles. The first-order valence-corrected chi connectivity index (χ1v) is 5.18. The standard InChI is InChI=1S/C12H13NO3/c1-8-3-2-4-10(5-8)13-7-9(12(15)16)6-11(13)14/h2-5,9H,6-7H2,1H3,(H,15,16)/t9-/m1/s1. The fourth-order valence-electron chi connectivity index (χ4n) is 1.92. The molecule has 1 atom stereocenters. The van der Waals surface area contributed by atoms with Crippen LogP contribution in [0.4, 0.5) is 5.69 Å². The second-order valence-corrected chi connectivity index (χ2v) is 4.08. The van der Waals surface area contributed by atoms with Crippen molar-refractivity contribution in [1.82, 2.24) is 0 Å². The molecule has 0 aliphatic carbocycles. The highest BCUT2D eigenvalue weighted by molar-refractivity contribution is 5.99. The smallest absolute Gasteiger partial charge is 0.308 e. The van der Waals surface area contributed by atoms with Crippen LogP contribution in [0.25, 0.3) is 0 Å². The molecule has 84 valence electrons. The van der Waals surface area contributed by atoms with Crippen molar-refractivity contribution >= 4 is 17.6 Å². The lowest BCUT2D eigenvalue weighted by Crippen LogP contribution is -2.25. The quantitative estimate of drug-likeness (QED) is 0.818. The minimum absolute atomic E-state index is 0.100. The lowest BCUT2D eigenvalue weighted by molar-refractivity contribution is -0.141. The maximum Gasteiger partial charge on any atom is 0.308 e. The highest BCUT2D eigenvalue weighted by Crippen LogP contribution is 2.25. The molecule has 1 aliphatic heterocycles. The zero-order valence-corrected chi connectivity index (χ0v) is 9.01. The van der Waals surface area contributed by atoms with E-state index in [9.17, 15) is 9.59 Å². The van der Waals surface area contributed by atoms with Crippen molar-refractivity contribution < 1.29 is 14.7 Å².